The second-order valence-electron chi connectivity index (χ2n) is 9.33. The first-order valence-corrected chi connectivity index (χ1v) is 12.6. The molecule has 0 radical (unpaired) electrons. The maximum Gasteiger partial charge on any atom is 0.411 e. The molecule has 0 aliphatic carbocycles. The van der Waals surface area contributed by atoms with Crippen LogP contribution in [0.4, 0.5) is 25.0 Å². The molecule has 2 atom stereocenters. The third-order valence-corrected chi connectivity index (χ3v) is 6.46. The maximum absolute atomic E-state index is 13.5. The molecule has 9 heteroatoms. The van der Waals surface area contributed by atoms with Gasteiger partial charge in [0.2, 0.25) is 5.91 Å². The fourth-order valence-electron chi connectivity index (χ4n) is 4.49. The molecule has 1 heterocycles. The average Bonchev–Trinajstić information content (AvgIpc) is 3.27. The highest BCUT2D eigenvalue weighted by molar-refractivity contribution is 5.98. The number of nitrogens with zero attached hydrogens (tertiary/aromatic N) is 1. The lowest BCUT2D eigenvalue weighted by molar-refractivity contribution is -0.121. The fraction of sp³-hybridized carbons (Fsp3) is 0.129. The minimum Gasteiger partial charge on any atom is -0.438 e. The van der Waals surface area contributed by atoms with Gasteiger partial charge in [0.1, 0.15) is 11.6 Å². The zero-order valence-corrected chi connectivity index (χ0v) is 21.2. The Bertz CT molecular complexity index is 1490. The topological polar surface area (TPSA) is 87.7 Å². The Balaban J connectivity index is 1.36. The maximum atomic E-state index is 13.5. The van der Waals surface area contributed by atoms with Gasteiger partial charge >= 0.3 is 6.09 Å². The lowest BCUT2D eigenvalue weighted by Gasteiger charge is -2.24. The van der Waals surface area contributed by atoms with Crippen LogP contribution in [-0.4, -0.2) is 28.8 Å². The second kappa shape index (κ2) is 11.8. The second-order valence-corrected chi connectivity index (χ2v) is 9.33. The molecule has 2 N–H and O–H groups in total. The summed E-state index contributed by atoms with van der Waals surface area (Å²) in [7, 11) is 0. The Morgan fingerprint density at radius 3 is 1.95 bits per heavy atom. The first-order valence-electron chi connectivity index (χ1n) is 12.6. The largest absolute Gasteiger partial charge is 0.438 e. The quantitative estimate of drug-likeness (QED) is 0.293. The molecule has 0 saturated carbocycles. The van der Waals surface area contributed by atoms with Crippen LogP contribution in [0, 0.1) is 11.6 Å². The Morgan fingerprint density at radius 2 is 1.30 bits per heavy atom. The van der Waals surface area contributed by atoms with Crippen molar-refractivity contribution < 1.29 is 27.9 Å². The molecular formula is C31H25F2N3O4. The van der Waals surface area contributed by atoms with Crippen molar-refractivity contribution in [2.24, 2.45) is 0 Å². The van der Waals surface area contributed by atoms with Crippen molar-refractivity contribution in [1.82, 2.24) is 4.90 Å². The van der Waals surface area contributed by atoms with Gasteiger partial charge in [0.05, 0.1) is 13.0 Å². The Kier molecular flexibility index (Phi) is 7.82. The van der Waals surface area contributed by atoms with Crippen molar-refractivity contribution in [3.05, 3.63) is 131 Å². The lowest BCUT2D eigenvalue weighted by atomic mass is 10.00. The molecule has 5 rings (SSSR count). The molecule has 4 aromatic carbocycles. The molecule has 3 amide bonds. The van der Waals surface area contributed by atoms with E-state index in [4.69, 9.17) is 4.74 Å². The fourth-order valence-corrected chi connectivity index (χ4v) is 4.49. The third kappa shape index (κ3) is 6.32. The normalized spacial score (nSPS) is 16.4. The number of halogens is 2. The summed E-state index contributed by atoms with van der Waals surface area (Å²) in [4.78, 5) is 40.2. The van der Waals surface area contributed by atoms with Crippen LogP contribution >= 0.6 is 0 Å². The Morgan fingerprint density at radius 1 is 0.725 bits per heavy atom. The van der Waals surface area contributed by atoms with Crippen LogP contribution < -0.4 is 10.6 Å². The van der Waals surface area contributed by atoms with Crippen molar-refractivity contribution in [3.63, 3.8) is 0 Å². The average molecular weight is 542 g/mol. The lowest BCUT2D eigenvalue weighted by Crippen LogP contribution is -2.43. The number of amides is 3. The van der Waals surface area contributed by atoms with E-state index in [2.05, 4.69) is 10.6 Å². The highest BCUT2D eigenvalue weighted by atomic mass is 19.1. The summed E-state index contributed by atoms with van der Waals surface area (Å²) in [5.41, 5.74) is 2.92. The predicted octanol–water partition coefficient (Wildman–Crippen LogP) is 5.85. The van der Waals surface area contributed by atoms with E-state index in [0.29, 0.717) is 22.5 Å². The molecule has 1 aliphatic heterocycles. The van der Waals surface area contributed by atoms with Crippen molar-refractivity contribution in [2.75, 3.05) is 10.6 Å². The summed E-state index contributed by atoms with van der Waals surface area (Å²) in [5, 5.41) is 5.56. The van der Waals surface area contributed by atoms with Gasteiger partial charge in [-0.2, -0.15) is 0 Å². The van der Waals surface area contributed by atoms with Crippen LogP contribution in [0.15, 0.2) is 103 Å². The highest BCUT2D eigenvalue weighted by Gasteiger charge is 2.47. The van der Waals surface area contributed by atoms with Gasteiger partial charge in [-0.3, -0.25) is 14.5 Å². The number of carbonyl (C=O) groups excluding carboxylic acids is 3. The zero-order valence-electron chi connectivity index (χ0n) is 21.2. The van der Waals surface area contributed by atoms with Gasteiger partial charge in [-0.05, 0) is 65.2 Å². The van der Waals surface area contributed by atoms with Gasteiger partial charge in [-0.1, -0.05) is 54.6 Å². The van der Waals surface area contributed by atoms with Crippen molar-refractivity contribution >= 4 is 29.3 Å². The summed E-state index contributed by atoms with van der Waals surface area (Å²) in [6.45, 7) is 0.00471. The Hall–Kier alpha value is -5.05. The number of benzene rings is 4. The number of anilines is 2. The van der Waals surface area contributed by atoms with Crippen molar-refractivity contribution in [3.8, 4) is 0 Å². The number of cyclic esters (lactones) is 1. The van der Waals surface area contributed by atoms with Crippen molar-refractivity contribution in [2.45, 2.75) is 25.1 Å². The van der Waals surface area contributed by atoms with Crippen LogP contribution in [0.3, 0.4) is 0 Å². The molecule has 40 heavy (non-hydrogen) atoms. The highest BCUT2D eigenvalue weighted by Crippen LogP contribution is 2.35. The SMILES string of the molecule is O=C(Cc1ccccc1)Nc1ccc([C@H]2OC(=O)N(Cc3ccc(F)cc3)[C@@H]2C(=O)Nc2ccc(F)cc2)cc1. The van der Waals surface area contributed by atoms with Gasteiger partial charge in [-0.25, -0.2) is 13.6 Å². The minimum absolute atomic E-state index is 0.00471. The number of hydrogen-bond acceptors (Lipinski definition) is 4. The number of ether oxygens (including phenoxy) is 1. The van der Waals surface area contributed by atoms with Gasteiger partial charge in [-0.15, -0.1) is 0 Å². The molecule has 0 spiro atoms. The molecule has 202 valence electrons. The van der Waals surface area contributed by atoms with Crippen LogP contribution in [0.5, 0.6) is 0 Å². The molecule has 4 aromatic rings. The van der Waals surface area contributed by atoms with E-state index < -0.39 is 35.8 Å². The smallest absolute Gasteiger partial charge is 0.411 e. The monoisotopic (exact) mass is 541 g/mol. The molecule has 1 saturated heterocycles. The number of hydrogen-bond donors (Lipinski definition) is 2. The number of rotatable bonds is 8. The van der Waals surface area contributed by atoms with Gasteiger partial charge < -0.3 is 15.4 Å². The molecule has 1 aliphatic rings. The predicted molar refractivity (Wildman–Crippen MR) is 145 cm³/mol. The van der Waals surface area contributed by atoms with E-state index in [1.54, 1.807) is 24.3 Å². The van der Waals surface area contributed by atoms with Crippen LogP contribution in [0.2, 0.25) is 0 Å². The first-order chi connectivity index (χ1) is 19.4. The summed E-state index contributed by atoms with van der Waals surface area (Å²) < 4.78 is 32.5. The van der Waals surface area contributed by atoms with Gasteiger partial charge in [0.25, 0.3) is 5.91 Å². The molecule has 1 fully saturated rings. The molecule has 0 aromatic heterocycles. The minimum atomic E-state index is -1.08. The van der Waals surface area contributed by atoms with E-state index in [0.717, 1.165) is 5.56 Å². The molecule has 7 nitrogen and oxygen atoms in total. The van der Waals surface area contributed by atoms with Crippen LogP contribution in [0.1, 0.15) is 22.8 Å². The van der Waals surface area contributed by atoms with E-state index in [9.17, 15) is 23.2 Å². The van der Waals surface area contributed by atoms with E-state index in [1.807, 2.05) is 30.3 Å². The summed E-state index contributed by atoms with van der Waals surface area (Å²) in [6, 6.07) is 25.8. The summed E-state index contributed by atoms with van der Waals surface area (Å²) in [5.74, 6) is -1.60. The first kappa shape index (κ1) is 26.6. The van der Waals surface area contributed by atoms with Crippen LogP contribution in [-0.2, 0) is 27.3 Å². The molecular weight excluding hydrogens is 516 g/mol. The number of carbonyl (C=O) groups is 3. The van der Waals surface area contributed by atoms with Crippen molar-refractivity contribution in [1.29, 1.82) is 0 Å². The summed E-state index contributed by atoms with van der Waals surface area (Å²) >= 11 is 0. The van der Waals surface area contributed by atoms with E-state index >= 15 is 0 Å². The third-order valence-electron chi connectivity index (χ3n) is 6.46. The number of nitrogens with one attached hydrogen (secondary N) is 2. The molecule has 0 unspecified atom stereocenters. The van der Waals surface area contributed by atoms with E-state index in [-0.39, 0.29) is 18.9 Å². The van der Waals surface area contributed by atoms with Gasteiger partial charge in [0.15, 0.2) is 12.1 Å². The summed E-state index contributed by atoms with van der Waals surface area (Å²) in [6.07, 6.45) is -1.47. The Labute approximate surface area is 229 Å². The van der Waals surface area contributed by atoms with Crippen LogP contribution in [0.25, 0.3) is 0 Å². The van der Waals surface area contributed by atoms with Gasteiger partial charge in [0, 0.05) is 11.4 Å². The standard InChI is InChI=1S/C31H25F2N3O4/c32-23-10-6-21(7-11-23)19-36-28(30(38)35-26-16-12-24(33)13-17-26)29(40-31(36)39)22-8-14-25(15-9-22)34-27(37)18-20-4-2-1-3-5-20/h1-17,28-29H,18-19H2,(H,34,37)(H,35,38)/t28-,29+/m0/s1. The molecule has 0 bridgehead atoms. The zero-order chi connectivity index (χ0) is 28.1. The van der Waals surface area contributed by atoms with E-state index in [1.165, 1.54) is 53.4 Å².